The molecule has 0 saturated carbocycles. The van der Waals surface area contributed by atoms with Gasteiger partial charge in [-0.15, -0.1) is 11.8 Å². The zero-order valence-corrected chi connectivity index (χ0v) is 12.1. The summed E-state index contributed by atoms with van der Waals surface area (Å²) in [5.41, 5.74) is 1.15. The minimum atomic E-state index is 0.657. The first-order chi connectivity index (χ1) is 8.69. The van der Waals surface area contributed by atoms with Crippen LogP contribution < -0.4 is 5.32 Å². The van der Waals surface area contributed by atoms with E-state index in [0.717, 1.165) is 22.0 Å². The fraction of sp³-hybridized carbons (Fsp3) is 0.154. The molecule has 94 valence electrons. The van der Waals surface area contributed by atoms with Gasteiger partial charge in [-0.3, -0.25) is 0 Å². The van der Waals surface area contributed by atoms with Gasteiger partial charge in [-0.25, -0.2) is 4.98 Å². The standard InChI is InChI=1S/C13H12Cl2N2S/c1-16-13-9(3-2-4-17-13)8-18-12-6-10(14)5-11(15)7-12/h2-7H,8H2,1H3,(H,16,17). The number of nitrogens with one attached hydrogen (secondary N) is 1. The van der Waals surface area contributed by atoms with Crippen LogP contribution in [0, 0.1) is 0 Å². The summed E-state index contributed by atoms with van der Waals surface area (Å²) < 4.78 is 0. The van der Waals surface area contributed by atoms with Crippen LogP contribution in [0.3, 0.4) is 0 Å². The Labute approximate surface area is 121 Å². The quantitative estimate of drug-likeness (QED) is 0.827. The highest BCUT2D eigenvalue weighted by Gasteiger charge is 2.04. The number of nitrogens with zero attached hydrogens (tertiary/aromatic N) is 1. The van der Waals surface area contributed by atoms with E-state index in [-0.39, 0.29) is 0 Å². The van der Waals surface area contributed by atoms with Crippen molar-refractivity contribution in [1.29, 1.82) is 0 Å². The molecule has 18 heavy (non-hydrogen) atoms. The van der Waals surface area contributed by atoms with E-state index in [4.69, 9.17) is 23.2 Å². The second kappa shape index (κ2) is 6.32. The molecule has 0 aliphatic rings. The molecule has 0 amide bonds. The van der Waals surface area contributed by atoms with Crippen molar-refractivity contribution in [2.75, 3.05) is 12.4 Å². The predicted octanol–water partition coefficient (Wildman–Crippen LogP) is 4.72. The zero-order chi connectivity index (χ0) is 13.0. The largest absolute Gasteiger partial charge is 0.373 e. The van der Waals surface area contributed by atoms with Crippen LogP contribution >= 0.6 is 35.0 Å². The highest BCUT2D eigenvalue weighted by molar-refractivity contribution is 7.98. The summed E-state index contributed by atoms with van der Waals surface area (Å²) in [5, 5.41) is 4.39. The molecule has 2 rings (SSSR count). The lowest BCUT2D eigenvalue weighted by atomic mass is 10.3. The number of halogens is 2. The highest BCUT2D eigenvalue weighted by Crippen LogP contribution is 2.30. The molecule has 0 bridgehead atoms. The molecule has 0 saturated heterocycles. The third-order valence-corrected chi connectivity index (χ3v) is 3.82. The lowest BCUT2D eigenvalue weighted by Gasteiger charge is -2.07. The van der Waals surface area contributed by atoms with Crippen LogP contribution in [0.15, 0.2) is 41.4 Å². The lowest BCUT2D eigenvalue weighted by Crippen LogP contribution is -1.96. The van der Waals surface area contributed by atoms with Gasteiger partial charge in [0.1, 0.15) is 5.82 Å². The SMILES string of the molecule is CNc1ncccc1CSc1cc(Cl)cc(Cl)c1. The van der Waals surface area contributed by atoms with Gasteiger partial charge in [0.2, 0.25) is 0 Å². The number of rotatable bonds is 4. The third-order valence-electron chi connectivity index (χ3n) is 2.36. The van der Waals surface area contributed by atoms with Crippen molar-refractivity contribution in [1.82, 2.24) is 4.98 Å². The molecule has 2 nitrogen and oxygen atoms in total. The Morgan fingerprint density at radius 2 is 1.94 bits per heavy atom. The summed E-state index contributed by atoms with van der Waals surface area (Å²) in [4.78, 5) is 5.32. The van der Waals surface area contributed by atoms with E-state index in [9.17, 15) is 0 Å². The van der Waals surface area contributed by atoms with Crippen LogP contribution in [-0.4, -0.2) is 12.0 Å². The molecular formula is C13H12Cl2N2S. The maximum Gasteiger partial charge on any atom is 0.129 e. The Balaban J connectivity index is 2.11. The minimum Gasteiger partial charge on any atom is -0.373 e. The molecule has 1 aromatic heterocycles. The number of anilines is 1. The fourth-order valence-corrected chi connectivity index (χ4v) is 3.18. The smallest absolute Gasteiger partial charge is 0.129 e. The molecule has 1 N–H and O–H groups in total. The average Bonchev–Trinajstić information content (AvgIpc) is 2.35. The van der Waals surface area contributed by atoms with Crippen molar-refractivity contribution in [3.05, 3.63) is 52.1 Å². The summed E-state index contributed by atoms with van der Waals surface area (Å²) in [6.45, 7) is 0. The van der Waals surface area contributed by atoms with Crippen molar-refractivity contribution in [3.8, 4) is 0 Å². The molecule has 0 fully saturated rings. The van der Waals surface area contributed by atoms with Gasteiger partial charge in [-0.1, -0.05) is 29.3 Å². The van der Waals surface area contributed by atoms with Gasteiger partial charge >= 0.3 is 0 Å². The number of hydrogen-bond donors (Lipinski definition) is 1. The third kappa shape index (κ3) is 3.55. The molecule has 1 heterocycles. The van der Waals surface area contributed by atoms with Crippen molar-refractivity contribution in [3.63, 3.8) is 0 Å². The van der Waals surface area contributed by atoms with E-state index >= 15 is 0 Å². The zero-order valence-electron chi connectivity index (χ0n) is 9.78. The Morgan fingerprint density at radius 3 is 2.61 bits per heavy atom. The monoisotopic (exact) mass is 298 g/mol. The molecule has 1 aromatic carbocycles. The van der Waals surface area contributed by atoms with Crippen LogP contribution in [0.5, 0.6) is 0 Å². The van der Waals surface area contributed by atoms with E-state index in [0.29, 0.717) is 10.0 Å². The number of thioether (sulfide) groups is 1. The summed E-state index contributed by atoms with van der Waals surface area (Å²) in [5.74, 6) is 1.72. The molecule has 0 unspecified atom stereocenters. The summed E-state index contributed by atoms with van der Waals surface area (Å²) >= 11 is 13.6. The van der Waals surface area contributed by atoms with Gasteiger partial charge in [0.25, 0.3) is 0 Å². The maximum absolute atomic E-state index is 5.97. The first-order valence-corrected chi connectivity index (χ1v) is 7.14. The topological polar surface area (TPSA) is 24.9 Å². The molecule has 0 spiro atoms. The molecule has 5 heteroatoms. The van der Waals surface area contributed by atoms with E-state index in [1.807, 2.05) is 25.2 Å². The first-order valence-electron chi connectivity index (χ1n) is 5.39. The van der Waals surface area contributed by atoms with E-state index in [1.165, 1.54) is 0 Å². The minimum absolute atomic E-state index is 0.657. The summed E-state index contributed by atoms with van der Waals surface area (Å²) in [6.07, 6.45) is 1.77. The van der Waals surface area contributed by atoms with E-state index in [2.05, 4.69) is 16.4 Å². The Morgan fingerprint density at radius 1 is 1.22 bits per heavy atom. The number of hydrogen-bond acceptors (Lipinski definition) is 3. The molecule has 0 aliphatic carbocycles. The Bertz CT molecular complexity index is 526. The first kappa shape index (κ1) is 13.5. The van der Waals surface area contributed by atoms with Crippen LogP contribution in [0.1, 0.15) is 5.56 Å². The van der Waals surface area contributed by atoms with Crippen molar-refractivity contribution in [2.24, 2.45) is 0 Å². The van der Waals surface area contributed by atoms with Crippen LogP contribution in [0.2, 0.25) is 10.0 Å². The van der Waals surface area contributed by atoms with Gasteiger partial charge in [0.15, 0.2) is 0 Å². The van der Waals surface area contributed by atoms with Crippen LogP contribution in [0.25, 0.3) is 0 Å². The number of benzene rings is 1. The van der Waals surface area contributed by atoms with Crippen LogP contribution in [-0.2, 0) is 5.75 Å². The summed E-state index contributed by atoms with van der Waals surface area (Å²) in [6, 6.07) is 9.54. The van der Waals surface area contributed by atoms with E-state index in [1.54, 1.807) is 24.0 Å². The van der Waals surface area contributed by atoms with Gasteiger partial charge in [-0.05, 0) is 24.3 Å². The van der Waals surface area contributed by atoms with Crippen molar-refractivity contribution >= 4 is 40.8 Å². The van der Waals surface area contributed by atoms with Gasteiger partial charge < -0.3 is 5.32 Å². The second-order valence-electron chi connectivity index (χ2n) is 3.65. The van der Waals surface area contributed by atoms with Gasteiger partial charge in [0, 0.05) is 39.5 Å². The second-order valence-corrected chi connectivity index (χ2v) is 5.58. The molecule has 2 aromatic rings. The molecular weight excluding hydrogens is 287 g/mol. The lowest BCUT2D eigenvalue weighted by molar-refractivity contribution is 1.22. The van der Waals surface area contributed by atoms with Crippen LogP contribution in [0.4, 0.5) is 5.82 Å². The number of aromatic nitrogens is 1. The Hall–Kier alpha value is -0.900. The van der Waals surface area contributed by atoms with E-state index < -0.39 is 0 Å². The van der Waals surface area contributed by atoms with Gasteiger partial charge in [-0.2, -0.15) is 0 Å². The van der Waals surface area contributed by atoms with Crippen molar-refractivity contribution in [2.45, 2.75) is 10.6 Å². The molecule has 0 atom stereocenters. The van der Waals surface area contributed by atoms with Gasteiger partial charge in [0.05, 0.1) is 0 Å². The fourth-order valence-electron chi connectivity index (χ4n) is 1.55. The Kier molecular flexibility index (Phi) is 4.75. The molecule has 0 radical (unpaired) electrons. The van der Waals surface area contributed by atoms with Crippen molar-refractivity contribution < 1.29 is 0 Å². The normalized spacial score (nSPS) is 10.4. The maximum atomic E-state index is 5.97. The number of pyridine rings is 1. The average molecular weight is 299 g/mol. The highest BCUT2D eigenvalue weighted by atomic mass is 35.5. The summed E-state index contributed by atoms with van der Waals surface area (Å²) in [7, 11) is 1.87. The predicted molar refractivity (Wildman–Crippen MR) is 79.8 cm³/mol. The molecule has 0 aliphatic heterocycles.